The highest BCUT2D eigenvalue weighted by atomic mass is 15.1. The number of benzene rings is 1. The van der Waals surface area contributed by atoms with Crippen LogP contribution in [0.15, 0.2) is 48.8 Å². The number of pyridine rings is 1. The Morgan fingerprint density at radius 3 is 2.62 bits per heavy atom. The fraction of sp³-hybridized carbons (Fsp3) is 0.154. The number of nitrogens with zero attached hydrogens (tertiary/aromatic N) is 2. The summed E-state index contributed by atoms with van der Waals surface area (Å²) in [6, 6.07) is 11.9. The Morgan fingerprint density at radius 1 is 1.19 bits per heavy atom. The summed E-state index contributed by atoms with van der Waals surface area (Å²) in [5, 5.41) is 0. The van der Waals surface area contributed by atoms with Crippen LogP contribution < -0.4 is 10.6 Å². The van der Waals surface area contributed by atoms with Crippen LogP contribution in [0, 0.1) is 0 Å². The lowest BCUT2D eigenvalue weighted by molar-refractivity contribution is 0.921. The lowest BCUT2D eigenvalue weighted by atomic mass is 10.2. The highest BCUT2D eigenvalue weighted by molar-refractivity contribution is 5.46. The van der Waals surface area contributed by atoms with Gasteiger partial charge in [-0.3, -0.25) is 4.98 Å². The average molecular weight is 213 g/mol. The van der Waals surface area contributed by atoms with Crippen molar-refractivity contribution in [2.45, 2.75) is 6.54 Å². The quantitative estimate of drug-likeness (QED) is 0.795. The normalized spacial score (nSPS) is 10.1. The zero-order valence-electron chi connectivity index (χ0n) is 9.30. The summed E-state index contributed by atoms with van der Waals surface area (Å²) in [5.74, 6) is 0. The molecule has 2 rings (SSSR count). The van der Waals surface area contributed by atoms with Gasteiger partial charge in [0, 0.05) is 37.4 Å². The first-order valence-corrected chi connectivity index (χ1v) is 5.21. The third-order valence-electron chi connectivity index (χ3n) is 2.47. The molecule has 1 aromatic carbocycles. The van der Waals surface area contributed by atoms with E-state index in [0.717, 1.165) is 17.9 Å². The predicted octanol–water partition coefficient (Wildman–Crippen LogP) is 2.30. The van der Waals surface area contributed by atoms with Gasteiger partial charge in [0.2, 0.25) is 0 Å². The topological polar surface area (TPSA) is 42.1 Å². The van der Waals surface area contributed by atoms with Crippen LogP contribution in [0.3, 0.4) is 0 Å². The van der Waals surface area contributed by atoms with Gasteiger partial charge in [0.25, 0.3) is 0 Å². The van der Waals surface area contributed by atoms with Gasteiger partial charge in [0.15, 0.2) is 0 Å². The van der Waals surface area contributed by atoms with Gasteiger partial charge in [-0.05, 0) is 29.8 Å². The summed E-state index contributed by atoms with van der Waals surface area (Å²) >= 11 is 0. The van der Waals surface area contributed by atoms with Gasteiger partial charge in [-0.15, -0.1) is 0 Å². The third-order valence-corrected chi connectivity index (χ3v) is 2.47. The van der Waals surface area contributed by atoms with E-state index in [-0.39, 0.29) is 0 Å². The molecule has 0 aliphatic carbocycles. The summed E-state index contributed by atoms with van der Waals surface area (Å²) in [5.41, 5.74) is 8.91. The van der Waals surface area contributed by atoms with Crippen LogP contribution in [0.5, 0.6) is 0 Å². The monoisotopic (exact) mass is 213 g/mol. The summed E-state index contributed by atoms with van der Waals surface area (Å²) in [4.78, 5) is 6.17. The molecule has 3 nitrogen and oxygen atoms in total. The number of aromatic nitrogens is 1. The first-order valence-electron chi connectivity index (χ1n) is 5.21. The molecule has 0 aliphatic heterocycles. The first kappa shape index (κ1) is 10.5. The van der Waals surface area contributed by atoms with E-state index < -0.39 is 0 Å². The van der Waals surface area contributed by atoms with E-state index in [1.807, 2.05) is 30.3 Å². The van der Waals surface area contributed by atoms with Crippen molar-refractivity contribution in [1.82, 2.24) is 4.98 Å². The van der Waals surface area contributed by atoms with Crippen LogP contribution in [0.4, 0.5) is 11.4 Å². The van der Waals surface area contributed by atoms with Crippen molar-refractivity contribution in [3.63, 3.8) is 0 Å². The lowest BCUT2D eigenvalue weighted by Crippen LogP contribution is -2.16. The van der Waals surface area contributed by atoms with Gasteiger partial charge in [-0.1, -0.05) is 12.1 Å². The van der Waals surface area contributed by atoms with Gasteiger partial charge < -0.3 is 10.6 Å². The summed E-state index contributed by atoms with van der Waals surface area (Å²) in [6.07, 6.45) is 3.59. The van der Waals surface area contributed by atoms with Crippen LogP contribution in [0.1, 0.15) is 5.56 Å². The molecule has 0 aliphatic rings. The van der Waals surface area contributed by atoms with E-state index >= 15 is 0 Å². The molecule has 16 heavy (non-hydrogen) atoms. The van der Waals surface area contributed by atoms with Gasteiger partial charge >= 0.3 is 0 Å². The number of rotatable bonds is 3. The van der Waals surface area contributed by atoms with Gasteiger partial charge in [0.05, 0.1) is 0 Å². The molecule has 0 amide bonds. The van der Waals surface area contributed by atoms with Crippen molar-refractivity contribution >= 4 is 11.4 Å². The molecule has 3 heteroatoms. The van der Waals surface area contributed by atoms with Crippen molar-refractivity contribution in [3.8, 4) is 0 Å². The van der Waals surface area contributed by atoms with Crippen LogP contribution in [-0.2, 0) is 6.54 Å². The van der Waals surface area contributed by atoms with Crippen LogP contribution in [0.2, 0.25) is 0 Å². The minimum Gasteiger partial charge on any atom is -0.399 e. The maximum Gasteiger partial charge on any atom is 0.0427 e. The number of nitrogen functional groups attached to an aromatic ring is 1. The molecule has 0 spiro atoms. The van der Waals surface area contributed by atoms with E-state index in [1.165, 1.54) is 5.56 Å². The summed E-state index contributed by atoms with van der Waals surface area (Å²) in [7, 11) is 2.05. The molecule has 0 bridgehead atoms. The second-order valence-corrected chi connectivity index (χ2v) is 3.81. The smallest absolute Gasteiger partial charge is 0.0427 e. The molecule has 0 saturated heterocycles. The second-order valence-electron chi connectivity index (χ2n) is 3.81. The number of hydrogen-bond donors (Lipinski definition) is 1. The van der Waals surface area contributed by atoms with E-state index in [4.69, 9.17) is 5.73 Å². The summed E-state index contributed by atoms with van der Waals surface area (Å²) < 4.78 is 0. The van der Waals surface area contributed by atoms with E-state index in [9.17, 15) is 0 Å². The fourth-order valence-corrected chi connectivity index (χ4v) is 1.66. The number of anilines is 2. The van der Waals surface area contributed by atoms with E-state index in [0.29, 0.717) is 0 Å². The molecule has 0 fully saturated rings. The third kappa shape index (κ3) is 2.51. The van der Waals surface area contributed by atoms with Crippen molar-refractivity contribution in [3.05, 3.63) is 54.4 Å². The van der Waals surface area contributed by atoms with Crippen molar-refractivity contribution < 1.29 is 0 Å². The van der Waals surface area contributed by atoms with Gasteiger partial charge in [-0.2, -0.15) is 0 Å². The fourth-order valence-electron chi connectivity index (χ4n) is 1.66. The Hall–Kier alpha value is -2.03. The molecule has 1 aromatic heterocycles. The minimum absolute atomic E-state index is 0.806. The summed E-state index contributed by atoms with van der Waals surface area (Å²) in [6.45, 7) is 0.842. The Bertz CT molecular complexity index is 454. The highest BCUT2D eigenvalue weighted by Crippen LogP contribution is 2.15. The van der Waals surface area contributed by atoms with Crippen LogP contribution in [-0.4, -0.2) is 12.0 Å². The molecule has 82 valence electrons. The zero-order valence-corrected chi connectivity index (χ0v) is 9.30. The average Bonchev–Trinajstić information content (AvgIpc) is 2.30. The van der Waals surface area contributed by atoms with Crippen LogP contribution in [0.25, 0.3) is 0 Å². The van der Waals surface area contributed by atoms with Crippen molar-refractivity contribution in [1.29, 1.82) is 0 Å². The van der Waals surface area contributed by atoms with Crippen molar-refractivity contribution in [2.75, 3.05) is 17.7 Å². The molecule has 0 radical (unpaired) electrons. The molecular weight excluding hydrogens is 198 g/mol. The number of hydrogen-bond acceptors (Lipinski definition) is 3. The number of nitrogens with two attached hydrogens (primary N) is 1. The van der Waals surface area contributed by atoms with Crippen LogP contribution >= 0.6 is 0 Å². The molecule has 0 atom stereocenters. The lowest BCUT2D eigenvalue weighted by Gasteiger charge is -2.19. The first-order chi connectivity index (χ1) is 7.75. The Morgan fingerprint density at radius 2 is 1.94 bits per heavy atom. The largest absolute Gasteiger partial charge is 0.399 e. The Balaban J connectivity index is 2.11. The maximum absolute atomic E-state index is 5.74. The Kier molecular flexibility index (Phi) is 3.05. The highest BCUT2D eigenvalue weighted by Gasteiger charge is 2.01. The molecule has 0 unspecified atom stereocenters. The molecular formula is C13H15N3. The maximum atomic E-state index is 5.74. The van der Waals surface area contributed by atoms with Gasteiger partial charge in [-0.25, -0.2) is 0 Å². The predicted molar refractivity (Wildman–Crippen MR) is 67.2 cm³/mol. The van der Waals surface area contributed by atoms with E-state index in [1.54, 1.807) is 12.4 Å². The minimum atomic E-state index is 0.806. The van der Waals surface area contributed by atoms with Crippen molar-refractivity contribution in [2.24, 2.45) is 0 Å². The van der Waals surface area contributed by atoms with Gasteiger partial charge in [0.1, 0.15) is 0 Å². The molecule has 1 heterocycles. The molecule has 2 N–H and O–H groups in total. The molecule has 2 aromatic rings. The molecule has 0 saturated carbocycles. The SMILES string of the molecule is CN(Cc1cccc(N)c1)c1ccncc1. The zero-order chi connectivity index (χ0) is 11.4. The second kappa shape index (κ2) is 4.66. The standard InChI is InChI=1S/C13H15N3/c1-16(13-5-7-15-8-6-13)10-11-3-2-4-12(14)9-11/h2-9H,10,14H2,1H3. The Labute approximate surface area is 95.5 Å². The van der Waals surface area contributed by atoms with E-state index in [2.05, 4.69) is 23.0 Å².